The molecule has 1 N–H and O–H groups in total. The van der Waals surface area contributed by atoms with Gasteiger partial charge in [-0.05, 0) is 40.4 Å². The number of carbonyl (C=O) groups is 1. The summed E-state index contributed by atoms with van der Waals surface area (Å²) in [6.07, 6.45) is 6.34. The van der Waals surface area contributed by atoms with E-state index in [4.69, 9.17) is 0 Å². The van der Waals surface area contributed by atoms with Gasteiger partial charge in [0.2, 0.25) is 0 Å². The molecule has 1 atom stereocenters. The number of hydrogen-bond donors (Lipinski definition) is 1. The summed E-state index contributed by atoms with van der Waals surface area (Å²) >= 11 is 3.34. The van der Waals surface area contributed by atoms with E-state index in [1.54, 1.807) is 12.3 Å². The second-order valence-electron chi connectivity index (χ2n) is 4.46. The van der Waals surface area contributed by atoms with Gasteiger partial charge in [-0.3, -0.25) is 4.79 Å². The molecule has 0 radical (unpaired) electrons. The fourth-order valence-corrected chi connectivity index (χ4v) is 2.25. The van der Waals surface area contributed by atoms with Crippen LogP contribution in [0.25, 0.3) is 0 Å². The molecule has 0 saturated carbocycles. The van der Waals surface area contributed by atoms with Crippen LogP contribution < -0.4 is 5.32 Å². The maximum Gasteiger partial charge on any atom is 0.271 e. The molecule has 1 aromatic rings. The van der Waals surface area contributed by atoms with Gasteiger partial charge in [-0.2, -0.15) is 0 Å². The lowest BCUT2D eigenvalue weighted by molar-refractivity contribution is 0.0940. The molecule has 0 aromatic carbocycles. The quantitative estimate of drug-likeness (QED) is 0.832. The summed E-state index contributed by atoms with van der Waals surface area (Å²) in [7, 11) is 0. The SMILES string of the molecule is CCCCC(CC)CNC(=O)c1ncccc1Br. The lowest BCUT2D eigenvalue weighted by Crippen LogP contribution is -2.30. The molecule has 1 unspecified atom stereocenters. The van der Waals surface area contributed by atoms with Crippen LogP contribution in [-0.2, 0) is 0 Å². The molecule has 1 aromatic heterocycles. The number of amides is 1. The fraction of sp³-hybridized carbons (Fsp3) is 0.571. The highest BCUT2D eigenvalue weighted by Gasteiger charge is 2.13. The lowest BCUT2D eigenvalue weighted by atomic mass is 9.99. The van der Waals surface area contributed by atoms with Gasteiger partial charge < -0.3 is 5.32 Å². The van der Waals surface area contributed by atoms with Crippen LogP contribution in [0, 0.1) is 5.92 Å². The topological polar surface area (TPSA) is 42.0 Å². The van der Waals surface area contributed by atoms with Gasteiger partial charge in [0.05, 0.1) is 0 Å². The first-order valence-corrected chi connectivity index (χ1v) is 7.37. The Morgan fingerprint density at radius 3 is 2.89 bits per heavy atom. The molecule has 0 aliphatic heterocycles. The molecule has 3 nitrogen and oxygen atoms in total. The van der Waals surface area contributed by atoms with Crippen LogP contribution in [-0.4, -0.2) is 17.4 Å². The number of nitrogens with zero attached hydrogens (tertiary/aromatic N) is 1. The highest BCUT2D eigenvalue weighted by molar-refractivity contribution is 9.10. The van der Waals surface area contributed by atoms with Crippen LogP contribution in [0.5, 0.6) is 0 Å². The van der Waals surface area contributed by atoms with Crippen molar-refractivity contribution in [2.45, 2.75) is 39.5 Å². The second kappa shape index (κ2) is 8.25. The molecule has 0 aliphatic rings. The molecule has 0 aliphatic carbocycles. The Morgan fingerprint density at radius 2 is 2.28 bits per heavy atom. The summed E-state index contributed by atoms with van der Waals surface area (Å²) in [6, 6.07) is 3.63. The summed E-state index contributed by atoms with van der Waals surface area (Å²) in [5.41, 5.74) is 0.461. The molecule has 0 spiro atoms. The second-order valence-corrected chi connectivity index (χ2v) is 5.31. The third-order valence-electron chi connectivity index (χ3n) is 3.07. The predicted molar refractivity (Wildman–Crippen MR) is 77.6 cm³/mol. The molecule has 18 heavy (non-hydrogen) atoms. The van der Waals surface area contributed by atoms with Crippen molar-refractivity contribution in [3.8, 4) is 0 Å². The first-order chi connectivity index (χ1) is 8.69. The Hall–Kier alpha value is -0.900. The summed E-state index contributed by atoms with van der Waals surface area (Å²) in [6.45, 7) is 5.10. The maximum atomic E-state index is 12.0. The number of carbonyl (C=O) groups excluding carboxylic acids is 1. The zero-order valence-electron chi connectivity index (χ0n) is 11.1. The lowest BCUT2D eigenvalue weighted by Gasteiger charge is -2.15. The first kappa shape index (κ1) is 15.2. The van der Waals surface area contributed by atoms with Crippen molar-refractivity contribution in [2.24, 2.45) is 5.92 Å². The number of halogens is 1. The highest BCUT2D eigenvalue weighted by atomic mass is 79.9. The zero-order valence-corrected chi connectivity index (χ0v) is 12.7. The molecule has 100 valence electrons. The Kier molecular flexibility index (Phi) is 6.94. The van der Waals surface area contributed by atoms with Crippen molar-refractivity contribution in [3.05, 3.63) is 28.5 Å². The first-order valence-electron chi connectivity index (χ1n) is 6.57. The number of pyridine rings is 1. The monoisotopic (exact) mass is 312 g/mol. The Balaban J connectivity index is 2.47. The van der Waals surface area contributed by atoms with Gasteiger partial charge in [0.1, 0.15) is 5.69 Å². The van der Waals surface area contributed by atoms with E-state index >= 15 is 0 Å². The summed E-state index contributed by atoms with van der Waals surface area (Å²) in [5.74, 6) is 0.466. The fourth-order valence-electron chi connectivity index (χ4n) is 1.82. The smallest absolute Gasteiger partial charge is 0.271 e. The van der Waals surface area contributed by atoms with Gasteiger partial charge in [0.15, 0.2) is 0 Å². The van der Waals surface area contributed by atoms with Gasteiger partial charge in [-0.1, -0.05) is 33.1 Å². The van der Waals surface area contributed by atoms with Crippen molar-refractivity contribution in [3.63, 3.8) is 0 Å². The van der Waals surface area contributed by atoms with Crippen molar-refractivity contribution in [2.75, 3.05) is 6.54 Å². The van der Waals surface area contributed by atoms with Crippen LogP contribution >= 0.6 is 15.9 Å². The summed E-state index contributed by atoms with van der Waals surface area (Å²) in [4.78, 5) is 16.0. The minimum Gasteiger partial charge on any atom is -0.350 e. The van der Waals surface area contributed by atoms with Crippen molar-refractivity contribution in [1.29, 1.82) is 0 Å². The van der Waals surface area contributed by atoms with Gasteiger partial charge in [0.25, 0.3) is 5.91 Å². The number of aromatic nitrogens is 1. The van der Waals surface area contributed by atoms with E-state index in [1.807, 2.05) is 6.07 Å². The number of hydrogen-bond acceptors (Lipinski definition) is 2. The number of unbranched alkanes of at least 4 members (excludes halogenated alkanes) is 1. The largest absolute Gasteiger partial charge is 0.350 e. The van der Waals surface area contributed by atoms with Gasteiger partial charge in [0, 0.05) is 17.2 Å². The van der Waals surface area contributed by atoms with Crippen LogP contribution in [0.1, 0.15) is 50.0 Å². The normalized spacial score (nSPS) is 12.2. The minimum atomic E-state index is -0.0996. The zero-order chi connectivity index (χ0) is 13.4. The van der Waals surface area contributed by atoms with Gasteiger partial charge >= 0.3 is 0 Å². The Labute approximate surface area is 118 Å². The van der Waals surface area contributed by atoms with E-state index in [-0.39, 0.29) is 5.91 Å². The van der Waals surface area contributed by atoms with Crippen LogP contribution in [0.2, 0.25) is 0 Å². The molecule has 0 saturated heterocycles. The van der Waals surface area contributed by atoms with Crippen LogP contribution in [0.4, 0.5) is 0 Å². The molecule has 0 fully saturated rings. The standard InChI is InChI=1S/C14H21BrN2O/c1-3-5-7-11(4-2)10-17-14(18)13-12(15)8-6-9-16-13/h6,8-9,11H,3-5,7,10H2,1-2H3,(H,17,18). The average Bonchev–Trinajstić information content (AvgIpc) is 2.39. The predicted octanol–water partition coefficient (Wildman–Crippen LogP) is 3.79. The molecular weight excluding hydrogens is 292 g/mol. The third kappa shape index (κ3) is 4.77. The van der Waals surface area contributed by atoms with Crippen molar-refractivity contribution in [1.82, 2.24) is 10.3 Å². The van der Waals surface area contributed by atoms with Gasteiger partial charge in [-0.25, -0.2) is 4.98 Å². The summed E-state index contributed by atoms with van der Waals surface area (Å²) < 4.78 is 0.740. The minimum absolute atomic E-state index is 0.0996. The third-order valence-corrected chi connectivity index (χ3v) is 3.71. The number of rotatable bonds is 7. The van der Waals surface area contributed by atoms with Crippen LogP contribution in [0.3, 0.4) is 0 Å². The number of nitrogens with one attached hydrogen (secondary N) is 1. The molecular formula is C14H21BrN2O. The molecule has 4 heteroatoms. The molecule has 1 amide bonds. The average molecular weight is 313 g/mol. The van der Waals surface area contributed by atoms with E-state index < -0.39 is 0 Å². The van der Waals surface area contributed by atoms with E-state index in [1.165, 1.54) is 19.3 Å². The Bertz CT molecular complexity index is 382. The highest BCUT2D eigenvalue weighted by Crippen LogP contribution is 2.14. The molecule has 1 heterocycles. The van der Waals surface area contributed by atoms with Crippen molar-refractivity contribution >= 4 is 21.8 Å². The summed E-state index contributed by atoms with van der Waals surface area (Å²) in [5, 5.41) is 2.97. The van der Waals surface area contributed by atoms with E-state index in [9.17, 15) is 4.79 Å². The van der Waals surface area contributed by atoms with E-state index in [2.05, 4.69) is 40.1 Å². The van der Waals surface area contributed by atoms with E-state index in [0.29, 0.717) is 11.6 Å². The molecule has 0 bridgehead atoms. The van der Waals surface area contributed by atoms with Gasteiger partial charge in [-0.15, -0.1) is 0 Å². The van der Waals surface area contributed by atoms with E-state index in [0.717, 1.165) is 17.4 Å². The van der Waals surface area contributed by atoms with Crippen LogP contribution in [0.15, 0.2) is 22.8 Å². The Morgan fingerprint density at radius 1 is 1.50 bits per heavy atom. The molecule has 1 rings (SSSR count). The maximum absolute atomic E-state index is 12.0. The van der Waals surface area contributed by atoms with Crippen molar-refractivity contribution < 1.29 is 4.79 Å².